The van der Waals surface area contributed by atoms with Gasteiger partial charge in [-0.05, 0) is 30.4 Å². The fourth-order valence-electron chi connectivity index (χ4n) is 1.87. The van der Waals surface area contributed by atoms with Crippen LogP contribution in [0, 0.1) is 0 Å². The van der Waals surface area contributed by atoms with Gasteiger partial charge in [0.25, 0.3) is 0 Å². The van der Waals surface area contributed by atoms with Gasteiger partial charge in [-0.3, -0.25) is 9.79 Å². The van der Waals surface area contributed by atoms with E-state index in [2.05, 4.69) is 14.7 Å². The summed E-state index contributed by atoms with van der Waals surface area (Å²) in [4.78, 5) is 21.1. The van der Waals surface area contributed by atoms with E-state index in [1.165, 1.54) is 7.11 Å². The Kier molecular flexibility index (Phi) is 6.15. The van der Waals surface area contributed by atoms with E-state index < -0.39 is 0 Å². The molecule has 0 bridgehead atoms. The van der Waals surface area contributed by atoms with Crippen LogP contribution in [-0.2, 0) is 9.53 Å². The number of hydrogen-bond donors (Lipinski definition) is 0. The molecule has 0 N–H and O–H groups in total. The first-order chi connectivity index (χ1) is 10.7. The number of rotatable bonds is 5. The molecule has 0 saturated carbocycles. The summed E-state index contributed by atoms with van der Waals surface area (Å²) in [5, 5.41) is 0. The smallest absolute Gasteiger partial charge is 0.306 e. The average Bonchev–Trinajstić information content (AvgIpc) is 2.56. The number of methoxy groups -OCH3 is 1. The van der Waals surface area contributed by atoms with Gasteiger partial charge in [-0.15, -0.1) is 11.8 Å². The Hall–Kier alpha value is -2.14. The second-order valence-corrected chi connectivity index (χ2v) is 5.63. The van der Waals surface area contributed by atoms with Crippen molar-refractivity contribution < 1.29 is 9.53 Å². The fraction of sp³-hybridized carbons (Fsp3) is 0.235. The molecule has 0 fully saturated rings. The maximum atomic E-state index is 11.2. The highest BCUT2D eigenvalue weighted by molar-refractivity contribution is 8.04. The summed E-state index contributed by atoms with van der Waals surface area (Å²) in [5.74, 6) is 0.455. The fourth-order valence-corrected chi connectivity index (χ4v) is 2.87. The summed E-state index contributed by atoms with van der Waals surface area (Å²) in [6, 6.07) is 9.80. The van der Waals surface area contributed by atoms with E-state index in [4.69, 9.17) is 0 Å². The second kappa shape index (κ2) is 8.34. The first-order valence-corrected chi connectivity index (χ1v) is 7.92. The van der Waals surface area contributed by atoms with Gasteiger partial charge in [-0.1, -0.05) is 18.2 Å². The van der Waals surface area contributed by atoms with Crippen LogP contribution < -0.4 is 0 Å². The maximum absolute atomic E-state index is 11.2. The van der Waals surface area contributed by atoms with E-state index in [0.717, 1.165) is 22.0 Å². The lowest BCUT2D eigenvalue weighted by atomic mass is 10.1. The third-order valence-corrected chi connectivity index (χ3v) is 4.04. The quantitative estimate of drug-likeness (QED) is 0.616. The Balaban J connectivity index is 2.11. The zero-order chi connectivity index (χ0) is 15.8. The summed E-state index contributed by atoms with van der Waals surface area (Å²) >= 11 is 1.59. The maximum Gasteiger partial charge on any atom is 0.306 e. The zero-order valence-electron chi connectivity index (χ0n) is 12.7. The van der Waals surface area contributed by atoms with Gasteiger partial charge in [0.2, 0.25) is 0 Å². The van der Waals surface area contributed by atoms with E-state index in [9.17, 15) is 4.79 Å². The Morgan fingerprint density at radius 1 is 1.23 bits per heavy atom. The Labute approximate surface area is 134 Å². The van der Waals surface area contributed by atoms with Gasteiger partial charge in [0, 0.05) is 17.7 Å². The second-order valence-electron chi connectivity index (χ2n) is 4.50. The highest BCUT2D eigenvalue weighted by atomic mass is 32.2. The summed E-state index contributed by atoms with van der Waals surface area (Å²) in [6.07, 6.45) is 6.27. The van der Waals surface area contributed by atoms with Crippen LogP contribution in [0.25, 0.3) is 0 Å². The third kappa shape index (κ3) is 4.70. The molecule has 0 unspecified atom stereocenters. The van der Waals surface area contributed by atoms with Crippen molar-refractivity contribution in [2.75, 3.05) is 19.9 Å². The Morgan fingerprint density at radius 2 is 2.00 bits per heavy atom. The molecule has 1 aromatic rings. The number of hydrogen-bond acceptors (Lipinski definition) is 5. The van der Waals surface area contributed by atoms with E-state index in [1.807, 2.05) is 48.6 Å². The number of carbonyl (C=O) groups is 1. The normalized spacial score (nSPS) is 17.6. The number of aliphatic imine (C=N–C) groups is 2. The molecule has 114 valence electrons. The third-order valence-electron chi connectivity index (χ3n) is 2.99. The van der Waals surface area contributed by atoms with Gasteiger partial charge in [0.05, 0.1) is 30.6 Å². The minimum atomic E-state index is -0.201. The molecule has 0 aliphatic heterocycles. The molecule has 4 nitrogen and oxygen atoms in total. The number of ether oxygens (including phenoxy) is 1. The van der Waals surface area contributed by atoms with Crippen LogP contribution in [0.4, 0.5) is 5.69 Å². The number of carbonyl (C=O) groups excluding carboxylic acids is 1. The summed E-state index contributed by atoms with van der Waals surface area (Å²) in [6.45, 7) is 0. The van der Waals surface area contributed by atoms with Gasteiger partial charge >= 0.3 is 5.97 Å². The van der Waals surface area contributed by atoms with Gasteiger partial charge in [0.1, 0.15) is 0 Å². The van der Waals surface area contributed by atoms with E-state index in [1.54, 1.807) is 18.8 Å². The molecular weight excluding hydrogens is 296 g/mol. The standard InChI is InChI=1S/C17H18N2O2S/c1-18-15-9-8-14(19-13-6-4-3-5-7-13)12-16(15)22-11-10-17(20)21-2/h3-9,12H,10-11H2,1-2H3. The van der Waals surface area contributed by atoms with Crippen molar-refractivity contribution in [1.29, 1.82) is 0 Å². The minimum absolute atomic E-state index is 0.201. The molecular formula is C17H18N2O2S. The molecule has 0 amide bonds. The molecule has 0 spiro atoms. The molecule has 0 heterocycles. The lowest BCUT2D eigenvalue weighted by Crippen LogP contribution is -2.08. The number of benzene rings is 1. The van der Waals surface area contributed by atoms with Crippen molar-refractivity contribution in [1.82, 2.24) is 0 Å². The van der Waals surface area contributed by atoms with E-state index in [0.29, 0.717) is 12.2 Å². The Bertz CT molecular complexity index is 646. The minimum Gasteiger partial charge on any atom is -0.469 e. The highest BCUT2D eigenvalue weighted by Crippen LogP contribution is 2.23. The van der Waals surface area contributed by atoms with Crippen molar-refractivity contribution in [2.24, 2.45) is 9.98 Å². The van der Waals surface area contributed by atoms with Crippen LogP contribution >= 0.6 is 11.8 Å². The number of para-hydroxylation sites is 1. The molecule has 1 aromatic carbocycles. The van der Waals surface area contributed by atoms with Crippen molar-refractivity contribution in [2.45, 2.75) is 6.42 Å². The lowest BCUT2D eigenvalue weighted by Gasteiger charge is -2.11. The first kappa shape index (κ1) is 16.2. The molecule has 0 radical (unpaired) electrons. The highest BCUT2D eigenvalue weighted by Gasteiger charge is 2.11. The van der Waals surface area contributed by atoms with Crippen molar-refractivity contribution in [3.8, 4) is 0 Å². The molecule has 2 rings (SSSR count). The molecule has 0 aromatic heterocycles. The molecule has 5 heteroatoms. The van der Waals surface area contributed by atoms with Crippen LogP contribution in [0.15, 0.2) is 63.4 Å². The van der Waals surface area contributed by atoms with Crippen molar-refractivity contribution in [3.05, 3.63) is 53.5 Å². The topological polar surface area (TPSA) is 51.0 Å². The number of thioether (sulfide) groups is 1. The molecule has 1 aliphatic rings. The van der Waals surface area contributed by atoms with E-state index >= 15 is 0 Å². The monoisotopic (exact) mass is 314 g/mol. The van der Waals surface area contributed by atoms with Crippen LogP contribution in [0.5, 0.6) is 0 Å². The SMILES string of the molecule is CN=C1C=CC(=Nc2ccccc2)C=C1SCCC(=O)OC. The Morgan fingerprint density at radius 3 is 2.68 bits per heavy atom. The van der Waals surface area contributed by atoms with Gasteiger partial charge in [-0.2, -0.15) is 0 Å². The zero-order valence-corrected chi connectivity index (χ0v) is 13.5. The van der Waals surface area contributed by atoms with Crippen molar-refractivity contribution >= 4 is 34.8 Å². The van der Waals surface area contributed by atoms with Crippen LogP contribution in [0.1, 0.15) is 6.42 Å². The number of esters is 1. The van der Waals surface area contributed by atoms with Gasteiger partial charge in [0.15, 0.2) is 0 Å². The van der Waals surface area contributed by atoms with Gasteiger partial charge in [-0.25, -0.2) is 4.99 Å². The largest absolute Gasteiger partial charge is 0.469 e. The van der Waals surface area contributed by atoms with Crippen LogP contribution in [0.2, 0.25) is 0 Å². The summed E-state index contributed by atoms with van der Waals surface area (Å²) < 4.78 is 4.65. The van der Waals surface area contributed by atoms with E-state index in [-0.39, 0.29) is 5.97 Å². The predicted molar refractivity (Wildman–Crippen MR) is 93.2 cm³/mol. The lowest BCUT2D eigenvalue weighted by molar-refractivity contribution is -0.140. The van der Waals surface area contributed by atoms with Gasteiger partial charge < -0.3 is 4.74 Å². The predicted octanol–water partition coefficient (Wildman–Crippen LogP) is 3.58. The van der Waals surface area contributed by atoms with Crippen molar-refractivity contribution in [3.63, 3.8) is 0 Å². The molecule has 0 atom stereocenters. The van der Waals surface area contributed by atoms with Crippen LogP contribution in [-0.4, -0.2) is 37.3 Å². The average molecular weight is 314 g/mol. The molecule has 1 aliphatic carbocycles. The molecule has 0 saturated heterocycles. The summed E-state index contributed by atoms with van der Waals surface area (Å²) in [7, 11) is 3.16. The molecule has 22 heavy (non-hydrogen) atoms. The van der Waals surface area contributed by atoms with Crippen LogP contribution in [0.3, 0.4) is 0 Å². The number of allylic oxidation sites excluding steroid dienone is 4. The first-order valence-electron chi connectivity index (χ1n) is 6.93. The summed E-state index contributed by atoms with van der Waals surface area (Å²) in [5.41, 5.74) is 2.69. The number of nitrogens with zero attached hydrogens (tertiary/aromatic N) is 2.